The van der Waals surface area contributed by atoms with Crippen molar-refractivity contribution in [2.24, 2.45) is 10.9 Å². The zero-order valence-electron chi connectivity index (χ0n) is 25.8. The third kappa shape index (κ3) is 5.55. The largest absolute Gasteiger partial charge is 0.378 e. The van der Waals surface area contributed by atoms with Gasteiger partial charge >= 0.3 is 0 Å². The monoisotopic (exact) mass is 655 g/mol. The molecule has 11 heteroatoms. The first-order chi connectivity index (χ1) is 21.0. The fourth-order valence-electron chi connectivity index (χ4n) is 6.84. The second-order valence-corrected chi connectivity index (χ2v) is 14.5. The zero-order chi connectivity index (χ0) is 31.3. The van der Waals surface area contributed by atoms with Gasteiger partial charge < -0.3 is 24.3 Å². The highest BCUT2D eigenvalue weighted by atomic mass is 35.5. The van der Waals surface area contributed by atoms with E-state index in [1.54, 1.807) is 0 Å². The van der Waals surface area contributed by atoms with E-state index in [9.17, 15) is 9.59 Å². The van der Waals surface area contributed by atoms with Crippen LogP contribution >= 0.6 is 35.0 Å². The van der Waals surface area contributed by atoms with Crippen molar-refractivity contribution in [3.8, 4) is 0 Å². The van der Waals surface area contributed by atoms with Crippen LogP contribution in [0.25, 0.3) is 0 Å². The van der Waals surface area contributed by atoms with Gasteiger partial charge in [0.2, 0.25) is 5.91 Å². The molecular weight excluding hydrogens is 617 g/mol. The molecule has 4 heterocycles. The Kier molecular flexibility index (Phi) is 8.80. The first kappa shape index (κ1) is 31.4. The molecule has 4 unspecified atom stereocenters. The Hall–Kier alpha value is -2.56. The van der Waals surface area contributed by atoms with Crippen LogP contribution in [-0.4, -0.2) is 95.6 Å². The molecule has 44 heavy (non-hydrogen) atoms. The van der Waals surface area contributed by atoms with Crippen LogP contribution in [0.5, 0.6) is 0 Å². The highest BCUT2D eigenvalue weighted by Gasteiger charge is 2.54. The Morgan fingerprint density at radius 3 is 2.23 bits per heavy atom. The highest BCUT2D eigenvalue weighted by Crippen LogP contribution is 2.56. The van der Waals surface area contributed by atoms with Gasteiger partial charge in [-0.3, -0.25) is 9.59 Å². The standard InChI is InChI=1S/C33H39Cl2N5O3S/c1-20(2)27-28(31(42)39-19-25(37(4)5)18-26(39)30(41)38-14-16-43-17-15-38)44-32-36-33(3,22-8-12-24(35)13-9-22)29(40(27)32)21-6-10-23(34)11-7-21/h6-13,20,25-26,29H,14-19H2,1-5H3. The maximum Gasteiger partial charge on any atom is 0.263 e. The van der Waals surface area contributed by atoms with Crippen molar-refractivity contribution in [3.05, 3.63) is 80.3 Å². The van der Waals surface area contributed by atoms with Gasteiger partial charge in [0.1, 0.15) is 16.5 Å². The molecule has 234 valence electrons. The molecule has 0 spiro atoms. The number of likely N-dealkylation sites (N-methyl/N-ethyl adjacent to an activating group) is 1. The summed E-state index contributed by atoms with van der Waals surface area (Å²) in [7, 11) is 4.02. The summed E-state index contributed by atoms with van der Waals surface area (Å²) in [6.45, 7) is 9.02. The molecule has 4 aliphatic heterocycles. The van der Waals surface area contributed by atoms with Crippen molar-refractivity contribution >= 4 is 51.9 Å². The van der Waals surface area contributed by atoms with Gasteiger partial charge in [0.25, 0.3) is 5.91 Å². The summed E-state index contributed by atoms with van der Waals surface area (Å²) in [5, 5.41) is 2.11. The number of carbonyl (C=O) groups is 2. The number of hydrogen-bond acceptors (Lipinski definition) is 7. The number of likely N-dealkylation sites (tertiary alicyclic amines) is 1. The minimum Gasteiger partial charge on any atom is -0.378 e. The molecule has 4 atom stereocenters. The molecule has 0 bridgehead atoms. The zero-order valence-corrected chi connectivity index (χ0v) is 28.1. The number of carbonyl (C=O) groups excluding carboxylic acids is 2. The number of hydrogen-bond donors (Lipinski definition) is 0. The van der Waals surface area contributed by atoms with E-state index in [0.29, 0.717) is 54.2 Å². The maximum atomic E-state index is 14.6. The molecule has 2 aromatic rings. The number of fused-ring (bicyclic) bond motifs is 1. The van der Waals surface area contributed by atoms with Gasteiger partial charge in [-0.25, -0.2) is 4.99 Å². The van der Waals surface area contributed by atoms with E-state index in [2.05, 4.69) is 30.6 Å². The molecule has 6 rings (SSSR count). The SMILES string of the molecule is CC(C)C1=C(C(=O)N2CC(N(C)C)CC2C(=O)N2CCOCC2)SC2=NC(C)(c3ccc(Cl)cc3)C(c3ccc(Cl)cc3)N21. The number of aliphatic imine (C=N–C) groups is 1. The van der Waals surface area contributed by atoms with Crippen molar-refractivity contribution in [2.75, 3.05) is 46.9 Å². The second-order valence-electron chi connectivity index (χ2n) is 12.6. The van der Waals surface area contributed by atoms with Crippen LogP contribution < -0.4 is 0 Å². The van der Waals surface area contributed by atoms with E-state index < -0.39 is 11.6 Å². The van der Waals surface area contributed by atoms with E-state index in [4.69, 9.17) is 32.9 Å². The van der Waals surface area contributed by atoms with Crippen molar-refractivity contribution in [3.63, 3.8) is 0 Å². The van der Waals surface area contributed by atoms with E-state index in [1.165, 1.54) is 11.8 Å². The molecule has 4 aliphatic rings. The summed E-state index contributed by atoms with van der Waals surface area (Å²) >= 11 is 14.0. The lowest BCUT2D eigenvalue weighted by Crippen LogP contribution is -2.51. The van der Waals surface area contributed by atoms with Gasteiger partial charge in [-0.2, -0.15) is 0 Å². The molecule has 0 aliphatic carbocycles. The van der Waals surface area contributed by atoms with E-state index in [1.807, 2.05) is 72.4 Å². The number of amidine groups is 1. The summed E-state index contributed by atoms with van der Waals surface area (Å²) in [5.74, 6) is -0.0696. The Bertz CT molecular complexity index is 1490. The van der Waals surface area contributed by atoms with E-state index in [-0.39, 0.29) is 29.8 Å². The molecule has 0 aromatic heterocycles. The second kappa shape index (κ2) is 12.3. The van der Waals surface area contributed by atoms with Crippen LogP contribution in [0.2, 0.25) is 10.0 Å². The quantitative estimate of drug-likeness (QED) is 0.402. The molecular formula is C33H39Cl2N5O3S. The summed E-state index contributed by atoms with van der Waals surface area (Å²) < 4.78 is 5.49. The van der Waals surface area contributed by atoms with Crippen molar-refractivity contribution in [2.45, 2.75) is 50.9 Å². The Morgan fingerprint density at radius 1 is 1.02 bits per heavy atom. The number of allylic oxidation sites excluding steroid dienone is 1. The average Bonchev–Trinajstić information content (AvgIpc) is 3.68. The van der Waals surface area contributed by atoms with Gasteiger partial charge in [-0.15, -0.1) is 0 Å². The van der Waals surface area contributed by atoms with Gasteiger partial charge in [-0.1, -0.05) is 61.3 Å². The number of thioether (sulfide) groups is 1. The molecule has 0 N–H and O–H groups in total. The topological polar surface area (TPSA) is 68.7 Å². The Labute approximate surface area is 274 Å². The number of nitrogens with zero attached hydrogens (tertiary/aromatic N) is 5. The van der Waals surface area contributed by atoms with Crippen LogP contribution in [0.3, 0.4) is 0 Å². The predicted octanol–water partition coefficient (Wildman–Crippen LogP) is 5.63. The van der Waals surface area contributed by atoms with Crippen molar-refractivity contribution in [1.29, 1.82) is 0 Å². The lowest BCUT2D eigenvalue weighted by atomic mass is 9.81. The van der Waals surface area contributed by atoms with Crippen LogP contribution in [0.15, 0.2) is 64.1 Å². The van der Waals surface area contributed by atoms with Crippen molar-refractivity contribution < 1.29 is 14.3 Å². The normalized spacial score (nSPS) is 27.1. The number of rotatable bonds is 6. The molecule has 2 amide bonds. The van der Waals surface area contributed by atoms with Crippen molar-refractivity contribution in [1.82, 2.24) is 19.6 Å². The summed E-state index contributed by atoms with van der Waals surface area (Å²) in [6, 6.07) is 15.1. The fraction of sp³-hybridized carbons (Fsp3) is 0.485. The minimum absolute atomic E-state index is 0.00730. The van der Waals surface area contributed by atoms with Crippen LogP contribution in [0.1, 0.15) is 44.4 Å². The Morgan fingerprint density at radius 2 is 1.64 bits per heavy atom. The predicted molar refractivity (Wildman–Crippen MR) is 177 cm³/mol. The number of morpholine rings is 1. The van der Waals surface area contributed by atoms with E-state index in [0.717, 1.165) is 22.0 Å². The van der Waals surface area contributed by atoms with E-state index >= 15 is 0 Å². The van der Waals surface area contributed by atoms with Gasteiger partial charge in [0.05, 0.1) is 19.3 Å². The van der Waals surface area contributed by atoms with Gasteiger partial charge in [0.15, 0.2) is 5.17 Å². The molecule has 2 saturated heterocycles. The third-order valence-corrected chi connectivity index (χ3v) is 10.8. The van der Waals surface area contributed by atoms with Gasteiger partial charge in [-0.05, 0) is 80.5 Å². The molecule has 2 aromatic carbocycles. The molecule has 8 nitrogen and oxygen atoms in total. The van der Waals surface area contributed by atoms with Crippen LogP contribution in [0, 0.1) is 5.92 Å². The lowest BCUT2D eigenvalue weighted by Gasteiger charge is -2.37. The van der Waals surface area contributed by atoms with Gasteiger partial charge in [0, 0.05) is 41.4 Å². The minimum atomic E-state index is -0.645. The highest BCUT2D eigenvalue weighted by molar-refractivity contribution is 8.18. The average molecular weight is 657 g/mol. The van der Waals surface area contributed by atoms with Crippen LogP contribution in [0.4, 0.5) is 0 Å². The molecule has 2 fully saturated rings. The third-order valence-electron chi connectivity index (χ3n) is 9.24. The summed E-state index contributed by atoms with van der Waals surface area (Å²) in [4.78, 5) is 42.5. The summed E-state index contributed by atoms with van der Waals surface area (Å²) in [5.41, 5.74) is 2.37. The molecule has 0 radical (unpaired) electrons. The maximum absolute atomic E-state index is 14.6. The first-order valence-corrected chi connectivity index (χ1v) is 16.7. The number of halogens is 2. The first-order valence-electron chi connectivity index (χ1n) is 15.2. The lowest BCUT2D eigenvalue weighted by molar-refractivity contribution is -0.144. The number of amides is 2. The number of ether oxygens (including phenoxy) is 1. The summed E-state index contributed by atoms with van der Waals surface area (Å²) in [6.07, 6.45) is 0.608. The Balaban J connectivity index is 1.41. The fourth-order valence-corrected chi connectivity index (χ4v) is 8.45. The number of benzene rings is 2. The molecule has 0 saturated carbocycles. The van der Waals surface area contributed by atoms with Crippen LogP contribution in [-0.2, 0) is 19.9 Å². The smallest absolute Gasteiger partial charge is 0.263 e.